The van der Waals surface area contributed by atoms with Gasteiger partial charge in [0, 0.05) is 5.02 Å². The largest absolute Gasteiger partial charge is 0.487 e. The molecule has 0 unspecified atom stereocenters. The van der Waals surface area contributed by atoms with Crippen molar-refractivity contribution in [3.63, 3.8) is 0 Å². The first kappa shape index (κ1) is 15.3. The van der Waals surface area contributed by atoms with Gasteiger partial charge in [-0.1, -0.05) is 48.1 Å². The molecule has 2 rings (SSSR count). The van der Waals surface area contributed by atoms with Crippen LogP contribution in [-0.4, -0.2) is 4.99 Å². The Hall–Kier alpha value is -1.10. The predicted octanol–water partition coefficient (Wildman–Crippen LogP) is 4.62. The molecule has 104 valence electrons. The molecule has 0 aliphatic carbocycles. The zero-order valence-corrected chi connectivity index (χ0v) is 14.0. The van der Waals surface area contributed by atoms with E-state index in [-0.39, 0.29) is 4.99 Å². The molecule has 2 aromatic carbocycles. The maximum Gasteiger partial charge on any atom is 0.144 e. The average Bonchev–Trinajstić information content (AvgIpc) is 2.38. The van der Waals surface area contributed by atoms with E-state index in [0.29, 0.717) is 22.9 Å². The maximum absolute atomic E-state index is 6.01. The van der Waals surface area contributed by atoms with Crippen LogP contribution >= 0.6 is 39.7 Å². The molecule has 0 aliphatic heterocycles. The van der Waals surface area contributed by atoms with Crippen LogP contribution in [0, 0.1) is 6.92 Å². The highest BCUT2D eigenvalue weighted by Gasteiger charge is 2.13. The molecule has 2 nitrogen and oxygen atoms in total. The monoisotopic (exact) mass is 369 g/mol. The topological polar surface area (TPSA) is 35.2 Å². The predicted molar refractivity (Wildman–Crippen MR) is 90.6 cm³/mol. The second-order valence-corrected chi connectivity index (χ2v) is 6.07. The lowest BCUT2D eigenvalue weighted by molar-refractivity contribution is 0.303. The van der Waals surface area contributed by atoms with Crippen LogP contribution in [0.3, 0.4) is 0 Å². The van der Waals surface area contributed by atoms with Gasteiger partial charge in [-0.2, -0.15) is 0 Å². The number of halogens is 2. The van der Waals surface area contributed by atoms with Crippen molar-refractivity contribution in [2.45, 2.75) is 13.5 Å². The number of benzene rings is 2. The van der Waals surface area contributed by atoms with Crippen molar-refractivity contribution < 1.29 is 4.74 Å². The van der Waals surface area contributed by atoms with Gasteiger partial charge in [0.15, 0.2) is 0 Å². The zero-order chi connectivity index (χ0) is 14.7. The molecule has 0 saturated heterocycles. The maximum atomic E-state index is 6.01. The Balaban J connectivity index is 2.30. The fraction of sp³-hybridized carbons (Fsp3) is 0.133. The third kappa shape index (κ3) is 3.51. The molecule has 5 heteroatoms. The Labute approximate surface area is 137 Å². The summed E-state index contributed by atoms with van der Waals surface area (Å²) in [4.78, 5) is 0.257. The second-order valence-electron chi connectivity index (χ2n) is 4.34. The minimum Gasteiger partial charge on any atom is -0.487 e. The first-order valence-electron chi connectivity index (χ1n) is 5.95. The average molecular weight is 371 g/mol. The Bertz CT molecular complexity index is 660. The summed E-state index contributed by atoms with van der Waals surface area (Å²) in [6.07, 6.45) is 0. The summed E-state index contributed by atoms with van der Waals surface area (Å²) in [5, 5.41) is 0.558. The van der Waals surface area contributed by atoms with Crippen LogP contribution in [-0.2, 0) is 6.61 Å². The third-order valence-corrected chi connectivity index (χ3v) is 3.93. The van der Waals surface area contributed by atoms with Crippen molar-refractivity contribution in [3.8, 4) is 5.75 Å². The lowest BCUT2D eigenvalue weighted by atomic mass is 10.1. The van der Waals surface area contributed by atoms with Gasteiger partial charge in [0.2, 0.25) is 0 Å². The molecule has 0 fully saturated rings. The Morgan fingerprint density at radius 3 is 2.70 bits per heavy atom. The highest BCUT2D eigenvalue weighted by molar-refractivity contribution is 9.10. The van der Waals surface area contributed by atoms with Crippen LogP contribution in [0.15, 0.2) is 40.9 Å². The van der Waals surface area contributed by atoms with Crippen molar-refractivity contribution in [1.29, 1.82) is 0 Å². The molecule has 0 saturated carbocycles. The fourth-order valence-corrected chi connectivity index (χ4v) is 2.89. The van der Waals surface area contributed by atoms with Crippen molar-refractivity contribution in [3.05, 3.63) is 62.6 Å². The lowest BCUT2D eigenvalue weighted by Gasteiger charge is -2.14. The molecule has 0 atom stereocenters. The second kappa shape index (κ2) is 6.57. The molecule has 0 amide bonds. The Morgan fingerprint density at radius 2 is 2.05 bits per heavy atom. The van der Waals surface area contributed by atoms with E-state index in [0.717, 1.165) is 10.0 Å². The number of hydrogen-bond donors (Lipinski definition) is 1. The number of hydrogen-bond acceptors (Lipinski definition) is 2. The van der Waals surface area contributed by atoms with E-state index in [4.69, 9.17) is 34.3 Å². The summed E-state index contributed by atoms with van der Waals surface area (Å²) >= 11 is 14.5. The summed E-state index contributed by atoms with van der Waals surface area (Å²) in [6, 6.07) is 11.5. The molecule has 0 bridgehead atoms. The number of rotatable bonds is 4. The van der Waals surface area contributed by atoms with E-state index in [1.807, 2.05) is 31.2 Å². The number of thiocarbonyl (C=S) groups is 1. The van der Waals surface area contributed by atoms with Gasteiger partial charge in [0.05, 0.1) is 10.0 Å². The number of aryl methyl sites for hydroxylation is 1. The smallest absolute Gasteiger partial charge is 0.144 e. The van der Waals surface area contributed by atoms with E-state index in [1.54, 1.807) is 12.1 Å². The minimum absolute atomic E-state index is 0.257. The molecular weight excluding hydrogens is 358 g/mol. The Morgan fingerprint density at radius 1 is 1.35 bits per heavy atom. The molecule has 0 aromatic heterocycles. The molecule has 0 radical (unpaired) electrons. The first-order valence-corrected chi connectivity index (χ1v) is 7.53. The fourth-order valence-electron chi connectivity index (χ4n) is 1.81. The van der Waals surface area contributed by atoms with Crippen LogP contribution in [0.25, 0.3) is 0 Å². The highest BCUT2D eigenvalue weighted by Crippen LogP contribution is 2.33. The molecule has 0 aliphatic rings. The van der Waals surface area contributed by atoms with Gasteiger partial charge in [0.1, 0.15) is 17.3 Å². The van der Waals surface area contributed by atoms with E-state index in [1.165, 1.54) is 5.56 Å². The zero-order valence-electron chi connectivity index (χ0n) is 10.8. The third-order valence-electron chi connectivity index (χ3n) is 2.91. The molecule has 20 heavy (non-hydrogen) atoms. The lowest BCUT2D eigenvalue weighted by Crippen LogP contribution is -2.12. The highest BCUT2D eigenvalue weighted by atomic mass is 79.9. The minimum atomic E-state index is 0.257. The summed E-state index contributed by atoms with van der Waals surface area (Å²) in [6.45, 7) is 2.49. The normalized spacial score (nSPS) is 10.3. The summed E-state index contributed by atoms with van der Waals surface area (Å²) < 4.78 is 6.62. The number of ether oxygens (including phenoxy) is 1. The number of nitrogens with two attached hydrogens (primary N) is 1. The standard InChI is InChI=1S/C15H13BrClNOS/c1-9-4-2-3-5-10(9)8-19-14-12(15(18)20)6-11(17)7-13(14)16/h2-7H,8H2,1H3,(H2,18,20). The quantitative estimate of drug-likeness (QED) is 0.797. The van der Waals surface area contributed by atoms with Gasteiger partial charge < -0.3 is 10.5 Å². The van der Waals surface area contributed by atoms with Gasteiger partial charge in [-0.25, -0.2) is 0 Å². The van der Waals surface area contributed by atoms with Crippen molar-refractivity contribution in [1.82, 2.24) is 0 Å². The van der Waals surface area contributed by atoms with Crippen molar-refractivity contribution in [2.75, 3.05) is 0 Å². The van der Waals surface area contributed by atoms with E-state index in [9.17, 15) is 0 Å². The van der Waals surface area contributed by atoms with Gasteiger partial charge >= 0.3 is 0 Å². The van der Waals surface area contributed by atoms with Crippen LogP contribution in [0.2, 0.25) is 5.02 Å². The van der Waals surface area contributed by atoms with Gasteiger partial charge in [-0.15, -0.1) is 0 Å². The Kier molecular flexibility index (Phi) is 5.02. The van der Waals surface area contributed by atoms with Crippen molar-refractivity contribution >= 4 is 44.7 Å². The van der Waals surface area contributed by atoms with Crippen LogP contribution in [0.5, 0.6) is 5.75 Å². The van der Waals surface area contributed by atoms with Crippen LogP contribution in [0.4, 0.5) is 0 Å². The SMILES string of the molecule is Cc1ccccc1COc1c(Br)cc(Cl)cc1C(N)=S. The molecule has 2 aromatic rings. The molecule has 0 heterocycles. The summed E-state index contributed by atoms with van der Waals surface area (Å²) in [5.74, 6) is 0.616. The molecule has 0 spiro atoms. The van der Waals surface area contributed by atoms with Gasteiger partial charge in [-0.3, -0.25) is 0 Å². The van der Waals surface area contributed by atoms with E-state index < -0.39 is 0 Å². The van der Waals surface area contributed by atoms with Crippen LogP contribution < -0.4 is 10.5 Å². The van der Waals surface area contributed by atoms with Crippen molar-refractivity contribution in [2.24, 2.45) is 5.73 Å². The van der Waals surface area contributed by atoms with Gasteiger partial charge in [-0.05, 0) is 46.1 Å². The van der Waals surface area contributed by atoms with E-state index in [2.05, 4.69) is 15.9 Å². The first-order chi connectivity index (χ1) is 9.49. The summed E-state index contributed by atoms with van der Waals surface area (Å²) in [7, 11) is 0. The van der Waals surface area contributed by atoms with E-state index >= 15 is 0 Å². The molecule has 2 N–H and O–H groups in total. The van der Waals surface area contributed by atoms with Gasteiger partial charge in [0.25, 0.3) is 0 Å². The summed E-state index contributed by atoms with van der Waals surface area (Å²) in [5.41, 5.74) is 8.65. The van der Waals surface area contributed by atoms with Crippen LogP contribution in [0.1, 0.15) is 16.7 Å². The molecular formula is C15H13BrClNOS.